The van der Waals surface area contributed by atoms with Gasteiger partial charge in [0, 0.05) is 6.42 Å². The lowest BCUT2D eigenvalue weighted by molar-refractivity contribution is -0.180. The summed E-state index contributed by atoms with van der Waals surface area (Å²) in [6.45, 7) is 1.97. The van der Waals surface area contributed by atoms with E-state index in [9.17, 15) is 14.4 Å². The topological polar surface area (TPSA) is 85.3 Å². The van der Waals surface area contributed by atoms with Crippen molar-refractivity contribution in [3.8, 4) is 0 Å². The Labute approximate surface area is 148 Å². The molecule has 2 aliphatic rings. The van der Waals surface area contributed by atoms with Crippen molar-refractivity contribution < 1.29 is 24.1 Å². The van der Waals surface area contributed by atoms with E-state index in [-0.39, 0.29) is 17.5 Å². The SMILES string of the molecule is Cc1ccc(C2=NOC(C(=O)ON3C(=O)c4ccccc4C3=O)C2)cc1. The molecule has 4 rings (SSSR count). The maximum Gasteiger partial charge on any atom is 0.376 e. The van der Waals surface area contributed by atoms with Crippen molar-refractivity contribution in [3.63, 3.8) is 0 Å². The summed E-state index contributed by atoms with van der Waals surface area (Å²) < 4.78 is 0. The Kier molecular flexibility index (Phi) is 3.76. The number of oxime groups is 1. The highest BCUT2D eigenvalue weighted by atomic mass is 16.7. The fraction of sp³-hybridized carbons (Fsp3) is 0.158. The molecule has 2 amide bonds. The largest absolute Gasteiger partial charge is 0.380 e. The standard InChI is InChI=1S/C19H14N2O5/c1-11-6-8-12(9-7-11)15-10-16(25-20-15)19(24)26-21-17(22)13-4-2-3-5-14(13)18(21)23/h2-9,16H,10H2,1H3. The first-order chi connectivity index (χ1) is 12.5. The van der Waals surface area contributed by atoms with E-state index < -0.39 is 23.9 Å². The van der Waals surface area contributed by atoms with E-state index in [0.717, 1.165) is 11.1 Å². The fourth-order valence-corrected chi connectivity index (χ4v) is 2.82. The van der Waals surface area contributed by atoms with E-state index in [0.29, 0.717) is 10.8 Å². The maximum atomic E-state index is 12.3. The number of nitrogens with zero attached hydrogens (tertiary/aromatic N) is 2. The van der Waals surface area contributed by atoms with Crippen LogP contribution in [-0.4, -0.2) is 34.7 Å². The monoisotopic (exact) mass is 350 g/mol. The molecular formula is C19H14N2O5. The highest BCUT2D eigenvalue weighted by Gasteiger charge is 2.41. The molecule has 2 aliphatic heterocycles. The van der Waals surface area contributed by atoms with Gasteiger partial charge in [-0.15, -0.1) is 0 Å². The summed E-state index contributed by atoms with van der Waals surface area (Å²) in [5.41, 5.74) is 2.96. The van der Waals surface area contributed by atoms with Gasteiger partial charge in [-0.25, -0.2) is 4.79 Å². The molecule has 1 unspecified atom stereocenters. The Bertz CT molecular complexity index is 914. The van der Waals surface area contributed by atoms with Crippen LogP contribution in [0, 0.1) is 6.92 Å². The lowest BCUT2D eigenvalue weighted by Crippen LogP contribution is -2.37. The van der Waals surface area contributed by atoms with Crippen LogP contribution in [0.4, 0.5) is 0 Å². The third-order valence-corrected chi connectivity index (χ3v) is 4.25. The van der Waals surface area contributed by atoms with E-state index in [1.165, 1.54) is 12.1 Å². The van der Waals surface area contributed by atoms with Crippen molar-refractivity contribution >= 4 is 23.5 Å². The number of fused-ring (bicyclic) bond motifs is 1. The Morgan fingerprint density at radius 2 is 1.69 bits per heavy atom. The van der Waals surface area contributed by atoms with Crippen molar-refractivity contribution in [1.29, 1.82) is 0 Å². The zero-order valence-electron chi connectivity index (χ0n) is 13.8. The van der Waals surface area contributed by atoms with Crippen molar-refractivity contribution in [2.75, 3.05) is 0 Å². The molecule has 2 heterocycles. The van der Waals surface area contributed by atoms with Crippen LogP contribution in [0.25, 0.3) is 0 Å². The van der Waals surface area contributed by atoms with Crippen LogP contribution in [0.3, 0.4) is 0 Å². The molecule has 0 aliphatic carbocycles. The zero-order chi connectivity index (χ0) is 18.3. The minimum atomic E-state index is -1.00. The van der Waals surface area contributed by atoms with Crippen LogP contribution in [0.2, 0.25) is 0 Å². The number of carbonyl (C=O) groups excluding carboxylic acids is 3. The van der Waals surface area contributed by atoms with Gasteiger partial charge < -0.3 is 9.68 Å². The smallest absolute Gasteiger partial charge is 0.376 e. The normalized spacial score (nSPS) is 18.4. The summed E-state index contributed by atoms with van der Waals surface area (Å²) >= 11 is 0. The lowest BCUT2D eigenvalue weighted by atomic mass is 10.0. The molecule has 2 aromatic carbocycles. The summed E-state index contributed by atoms with van der Waals surface area (Å²) in [6, 6.07) is 13.9. The van der Waals surface area contributed by atoms with Crippen LogP contribution < -0.4 is 0 Å². The Balaban J connectivity index is 1.43. The zero-order valence-corrected chi connectivity index (χ0v) is 13.8. The second-order valence-corrected chi connectivity index (χ2v) is 6.06. The average molecular weight is 350 g/mol. The fourth-order valence-electron chi connectivity index (χ4n) is 2.82. The van der Waals surface area contributed by atoms with Gasteiger partial charge in [-0.1, -0.05) is 52.2 Å². The molecule has 1 atom stereocenters. The number of hydrogen-bond acceptors (Lipinski definition) is 6. The lowest BCUT2D eigenvalue weighted by Gasteiger charge is -2.14. The van der Waals surface area contributed by atoms with Crippen molar-refractivity contribution in [2.45, 2.75) is 19.4 Å². The molecule has 0 spiro atoms. The third kappa shape index (κ3) is 2.63. The molecule has 0 bridgehead atoms. The molecule has 7 heteroatoms. The Hall–Kier alpha value is -3.48. The molecule has 0 saturated heterocycles. The Morgan fingerprint density at radius 3 is 2.31 bits per heavy atom. The van der Waals surface area contributed by atoms with Gasteiger partial charge in [-0.2, -0.15) is 0 Å². The number of aryl methyl sites for hydroxylation is 1. The number of hydroxylamine groups is 2. The second kappa shape index (κ2) is 6.11. The van der Waals surface area contributed by atoms with Crippen LogP contribution in [0.1, 0.15) is 38.3 Å². The molecule has 0 saturated carbocycles. The van der Waals surface area contributed by atoms with Gasteiger partial charge in [-0.3, -0.25) is 9.59 Å². The predicted molar refractivity (Wildman–Crippen MR) is 90.2 cm³/mol. The third-order valence-electron chi connectivity index (χ3n) is 4.25. The molecule has 0 radical (unpaired) electrons. The van der Waals surface area contributed by atoms with Gasteiger partial charge in [0.05, 0.1) is 16.8 Å². The summed E-state index contributed by atoms with van der Waals surface area (Å²) in [5, 5.41) is 4.39. The number of imide groups is 1. The Morgan fingerprint density at radius 1 is 1.08 bits per heavy atom. The predicted octanol–water partition coefficient (Wildman–Crippen LogP) is 2.24. The van der Waals surface area contributed by atoms with Gasteiger partial charge >= 0.3 is 5.97 Å². The highest BCUT2D eigenvalue weighted by molar-refractivity contribution is 6.21. The molecule has 7 nitrogen and oxygen atoms in total. The molecule has 0 aromatic heterocycles. The van der Waals surface area contributed by atoms with Crippen molar-refractivity contribution in [1.82, 2.24) is 5.06 Å². The van der Waals surface area contributed by atoms with Gasteiger partial charge in [0.15, 0.2) is 0 Å². The summed E-state index contributed by atoms with van der Waals surface area (Å²) in [7, 11) is 0. The number of rotatable bonds is 3. The first-order valence-corrected chi connectivity index (χ1v) is 8.04. The minimum absolute atomic E-state index is 0.199. The molecule has 2 aromatic rings. The second-order valence-electron chi connectivity index (χ2n) is 6.06. The molecule has 0 N–H and O–H groups in total. The summed E-state index contributed by atoms with van der Waals surface area (Å²) in [6.07, 6.45) is -0.805. The highest BCUT2D eigenvalue weighted by Crippen LogP contribution is 2.24. The van der Waals surface area contributed by atoms with Crippen LogP contribution in [0.15, 0.2) is 53.7 Å². The molecule has 130 valence electrons. The van der Waals surface area contributed by atoms with Gasteiger partial charge in [-0.05, 0) is 24.6 Å². The average Bonchev–Trinajstić information content (AvgIpc) is 3.23. The van der Waals surface area contributed by atoms with Crippen LogP contribution >= 0.6 is 0 Å². The van der Waals surface area contributed by atoms with Crippen LogP contribution in [-0.2, 0) is 14.5 Å². The number of benzene rings is 2. The van der Waals surface area contributed by atoms with E-state index in [4.69, 9.17) is 9.68 Å². The van der Waals surface area contributed by atoms with Gasteiger partial charge in [0.25, 0.3) is 11.8 Å². The van der Waals surface area contributed by atoms with Gasteiger partial charge in [0.2, 0.25) is 6.10 Å². The van der Waals surface area contributed by atoms with E-state index in [1.807, 2.05) is 31.2 Å². The number of amides is 2. The first-order valence-electron chi connectivity index (χ1n) is 8.04. The molecular weight excluding hydrogens is 336 g/mol. The van der Waals surface area contributed by atoms with E-state index in [1.54, 1.807) is 12.1 Å². The molecule has 26 heavy (non-hydrogen) atoms. The molecule has 0 fully saturated rings. The van der Waals surface area contributed by atoms with E-state index >= 15 is 0 Å². The van der Waals surface area contributed by atoms with Crippen LogP contribution in [0.5, 0.6) is 0 Å². The number of hydrogen-bond donors (Lipinski definition) is 0. The quantitative estimate of drug-likeness (QED) is 0.793. The minimum Gasteiger partial charge on any atom is -0.380 e. The van der Waals surface area contributed by atoms with E-state index in [2.05, 4.69) is 5.16 Å². The van der Waals surface area contributed by atoms with Crippen molar-refractivity contribution in [2.24, 2.45) is 5.16 Å². The van der Waals surface area contributed by atoms with Crippen molar-refractivity contribution in [3.05, 3.63) is 70.8 Å². The summed E-state index contributed by atoms with van der Waals surface area (Å²) in [4.78, 5) is 46.9. The number of carbonyl (C=O) groups is 3. The van der Waals surface area contributed by atoms with Gasteiger partial charge in [0.1, 0.15) is 0 Å². The summed E-state index contributed by atoms with van der Waals surface area (Å²) in [5.74, 6) is -2.18. The maximum absolute atomic E-state index is 12.3. The first kappa shape index (κ1) is 16.0.